The number of benzene rings is 1. The summed E-state index contributed by atoms with van der Waals surface area (Å²) in [6.07, 6.45) is 0.223. The number of hydroxylamine groups is 2. The van der Waals surface area contributed by atoms with Crippen LogP contribution >= 0.6 is 0 Å². The van der Waals surface area contributed by atoms with E-state index in [9.17, 15) is 0 Å². The SMILES string of the molecule is CCN1OC1c1ccccc1. The molecule has 0 amide bonds. The number of rotatable bonds is 2. The highest BCUT2D eigenvalue weighted by atomic mass is 16.8. The third-order valence-electron chi connectivity index (χ3n) is 1.85. The molecule has 0 bridgehead atoms. The van der Waals surface area contributed by atoms with Gasteiger partial charge in [-0.25, -0.2) is 0 Å². The van der Waals surface area contributed by atoms with Crippen LogP contribution in [0.25, 0.3) is 0 Å². The van der Waals surface area contributed by atoms with Crippen molar-refractivity contribution in [1.29, 1.82) is 0 Å². The maximum atomic E-state index is 5.29. The topological polar surface area (TPSA) is 15.5 Å². The first-order valence-corrected chi connectivity index (χ1v) is 3.90. The molecular weight excluding hydrogens is 138 g/mol. The average molecular weight is 149 g/mol. The standard InChI is InChI=1S/C9H11NO/c1-2-10-9(11-10)8-6-4-3-5-7-8/h3-7,9H,2H2,1H3. The summed E-state index contributed by atoms with van der Waals surface area (Å²) in [6.45, 7) is 3.04. The van der Waals surface area contributed by atoms with Crippen LogP contribution < -0.4 is 0 Å². The Bertz CT molecular complexity index is 235. The van der Waals surface area contributed by atoms with Gasteiger partial charge in [0.15, 0.2) is 6.23 Å². The van der Waals surface area contributed by atoms with Crippen molar-refractivity contribution in [1.82, 2.24) is 5.06 Å². The number of hydrogen-bond acceptors (Lipinski definition) is 2. The average Bonchev–Trinajstić information content (AvgIpc) is 2.85. The van der Waals surface area contributed by atoms with E-state index < -0.39 is 0 Å². The summed E-state index contributed by atoms with van der Waals surface area (Å²) in [5, 5.41) is 1.95. The quantitative estimate of drug-likeness (QED) is 0.597. The van der Waals surface area contributed by atoms with Crippen molar-refractivity contribution >= 4 is 0 Å². The Morgan fingerprint density at radius 2 is 2.09 bits per heavy atom. The van der Waals surface area contributed by atoms with Crippen LogP contribution in [0.4, 0.5) is 0 Å². The Morgan fingerprint density at radius 3 is 2.64 bits per heavy atom. The van der Waals surface area contributed by atoms with E-state index in [0.717, 1.165) is 6.54 Å². The molecule has 1 fully saturated rings. The van der Waals surface area contributed by atoms with Crippen molar-refractivity contribution in [2.75, 3.05) is 6.54 Å². The van der Waals surface area contributed by atoms with Crippen molar-refractivity contribution in [2.45, 2.75) is 13.2 Å². The lowest BCUT2D eigenvalue weighted by molar-refractivity contribution is 0.206. The largest absolute Gasteiger partial charge is 0.270 e. The third kappa shape index (κ3) is 1.27. The maximum absolute atomic E-state index is 5.29. The molecule has 2 atom stereocenters. The highest BCUT2D eigenvalue weighted by Gasteiger charge is 2.35. The van der Waals surface area contributed by atoms with Crippen molar-refractivity contribution in [3.63, 3.8) is 0 Å². The summed E-state index contributed by atoms with van der Waals surface area (Å²) in [5.74, 6) is 0. The number of hydrogen-bond donors (Lipinski definition) is 0. The van der Waals surface area contributed by atoms with E-state index in [2.05, 4.69) is 19.1 Å². The van der Waals surface area contributed by atoms with Crippen LogP contribution in [0, 0.1) is 0 Å². The van der Waals surface area contributed by atoms with Crippen molar-refractivity contribution < 1.29 is 4.84 Å². The fourth-order valence-electron chi connectivity index (χ4n) is 1.19. The van der Waals surface area contributed by atoms with E-state index in [1.807, 2.05) is 23.3 Å². The van der Waals surface area contributed by atoms with Crippen LogP contribution in [0.2, 0.25) is 0 Å². The molecule has 0 spiro atoms. The zero-order chi connectivity index (χ0) is 7.68. The van der Waals surface area contributed by atoms with Gasteiger partial charge in [0.05, 0.1) is 0 Å². The Hall–Kier alpha value is -0.860. The van der Waals surface area contributed by atoms with Gasteiger partial charge in [0.1, 0.15) is 0 Å². The summed E-state index contributed by atoms with van der Waals surface area (Å²) in [6, 6.07) is 10.2. The highest BCUT2D eigenvalue weighted by Crippen LogP contribution is 2.35. The predicted molar refractivity (Wildman–Crippen MR) is 42.6 cm³/mol. The smallest absolute Gasteiger partial charge is 0.179 e. The minimum Gasteiger partial charge on any atom is -0.270 e. The lowest BCUT2D eigenvalue weighted by Gasteiger charge is -1.92. The van der Waals surface area contributed by atoms with E-state index in [4.69, 9.17) is 4.84 Å². The van der Waals surface area contributed by atoms with Gasteiger partial charge in [-0.2, -0.15) is 5.06 Å². The second-order valence-corrected chi connectivity index (χ2v) is 2.60. The van der Waals surface area contributed by atoms with Crippen LogP contribution in [-0.4, -0.2) is 11.6 Å². The fraction of sp³-hybridized carbons (Fsp3) is 0.333. The first-order chi connectivity index (χ1) is 5.42. The molecule has 1 aliphatic rings. The van der Waals surface area contributed by atoms with Crippen LogP contribution in [0.3, 0.4) is 0 Å². The van der Waals surface area contributed by atoms with Gasteiger partial charge in [-0.05, 0) is 12.5 Å². The molecule has 1 saturated heterocycles. The summed E-state index contributed by atoms with van der Waals surface area (Å²) in [7, 11) is 0. The van der Waals surface area contributed by atoms with Crippen molar-refractivity contribution in [2.24, 2.45) is 0 Å². The predicted octanol–water partition coefficient (Wildman–Crippen LogP) is 1.95. The van der Waals surface area contributed by atoms with Gasteiger partial charge in [0.25, 0.3) is 0 Å². The molecular formula is C9H11NO. The Kier molecular flexibility index (Phi) is 1.64. The van der Waals surface area contributed by atoms with Gasteiger partial charge >= 0.3 is 0 Å². The molecule has 1 aromatic rings. The Labute approximate surface area is 66.3 Å². The van der Waals surface area contributed by atoms with Gasteiger partial charge in [-0.3, -0.25) is 4.84 Å². The summed E-state index contributed by atoms with van der Waals surface area (Å²) < 4.78 is 0. The summed E-state index contributed by atoms with van der Waals surface area (Å²) in [5.41, 5.74) is 1.24. The monoisotopic (exact) mass is 149 g/mol. The van der Waals surface area contributed by atoms with Gasteiger partial charge in [0, 0.05) is 6.54 Å². The molecule has 2 heteroatoms. The van der Waals surface area contributed by atoms with Gasteiger partial charge in [-0.1, -0.05) is 30.3 Å². The zero-order valence-electron chi connectivity index (χ0n) is 6.53. The molecule has 2 unspecified atom stereocenters. The first kappa shape index (κ1) is 6.83. The molecule has 58 valence electrons. The minimum atomic E-state index is 0.223. The van der Waals surface area contributed by atoms with Crippen LogP contribution in [0.15, 0.2) is 30.3 Å². The van der Waals surface area contributed by atoms with E-state index in [1.54, 1.807) is 0 Å². The zero-order valence-corrected chi connectivity index (χ0v) is 6.53. The summed E-state index contributed by atoms with van der Waals surface area (Å²) >= 11 is 0. The number of nitrogens with zero attached hydrogens (tertiary/aromatic N) is 1. The second-order valence-electron chi connectivity index (χ2n) is 2.60. The molecule has 1 aliphatic heterocycles. The molecule has 2 rings (SSSR count). The molecule has 0 radical (unpaired) electrons. The molecule has 1 aromatic carbocycles. The van der Waals surface area contributed by atoms with Crippen molar-refractivity contribution in [3.8, 4) is 0 Å². The lowest BCUT2D eigenvalue weighted by atomic mass is 10.2. The van der Waals surface area contributed by atoms with E-state index in [1.165, 1.54) is 5.56 Å². The molecule has 1 heterocycles. The van der Waals surface area contributed by atoms with Crippen molar-refractivity contribution in [3.05, 3.63) is 35.9 Å². The van der Waals surface area contributed by atoms with E-state index in [0.29, 0.717) is 0 Å². The van der Waals surface area contributed by atoms with E-state index >= 15 is 0 Å². The van der Waals surface area contributed by atoms with Crippen LogP contribution in [0.1, 0.15) is 18.7 Å². The fourth-order valence-corrected chi connectivity index (χ4v) is 1.19. The third-order valence-corrected chi connectivity index (χ3v) is 1.85. The highest BCUT2D eigenvalue weighted by molar-refractivity contribution is 5.18. The first-order valence-electron chi connectivity index (χ1n) is 3.90. The van der Waals surface area contributed by atoms with Crippen LogP contribution in [0.5, 0.6) is 0 Å². The van der Waals surface area contributed by atoms with Gasteiger partial charge in [0.2, 0.25) is 0 Å². The van der Waals surface area contributed by atoms with E-state index in [-0.39, 0.29) is 6.23 Å². The molecule has 0 aromatic heterocycles. The van der Waals surface area contributed by atoms with Gasteiger partial charge in [-0.15, -0.1) is 0 Å². The Balaban J connectivity index is 2.09. The lowest BCUT2D eigenvalue weighted by Crippen LogP contribution is -1.94. The summed E-state index contributed by atoms with van der Waals surface area (Å²) in [4.78, 5) is 5.29. The molecule has 0 N–H and O–H groups in total. The second kappa shape index (κ2) is 2.64. The molecule has 0 saturated carbocycles. The minimum absolute atomic E-state index is 0.223. The normalized spacial score (nSPS) is 28.5. The molecule has 0 aliphatic carbocycles. The van der Waals surface area contributed by atoms with Crippen LogP contribution in [-0.2, 0) is 4.84 Å². The maximum Gasteiger partial charge on any atom is 0.179 e. The van der Waals surface area contributed by atoms with Gasteiger partial charge < -0.3 is 0 Å². The molecule has 2 nitrogen and oxygen atoms in total. The Morgan fingerprint density at radius 1 is 1.36 bits per heavy atom. The molecule has 11 heavy (non-hydrogen) atoms.